The van der Waals surface area contributed by atoms with Crippen molar-refractivity contribution in [3.63, 3.8) is 0 Å². The van der Waals surface area contributed by atoms with Crippen LogP contribution in [0.4, 0.5) is 0 Å². The third-order valence-corrected chi connectivity index (χ3v) is 2.86. The fraction of sp³-hybridized carbons (Fsp3) is 1.00. The van der Waals surface area contributed by atoms with E-state index in [0.29, 0.717) is 6.04 Å². The fourth-order valence-electron chi connectivity index (χ4n) is 1.87. The molecule has 0 N–H and O–H groups in total. The Kier molecular flexibility index (Phi) is 13.5. The molecule has 0 bridgehead atoms. The molecule has 0 aliphatic carbocycles. The molecule has 0 aromatic carbocycles. The Morgan fingerprint density at radius 1 is 1.15 bits per heavy atom. The zero-order valence-electron chi connectivity index (χ0n) is 13.6. The van der Waals surface area contributed by atoms with Crippen molar-refractivity contribution in [2.24, 2.45) is 0 Å². The van der Waals surface area contributed by atoms with Gasteiger partial charge in [0.1, 0.15) is 0 Å². The summed E-state index contributed by atoms with van der Waals surface area (Å²) in [6, 6.07) is 0.449. The zero-order chi connectivity index (χ0) is 16.4. The van der Waals surface area contributed by atoms with Gasteiger partial charge in [0, 0.05) is 0 Å². The van der Waals surface area contributed by atoms with Gasteiger partial charge in [0.15, 0.2) is 0 Å². The third kappa shape index (κ3) is 15.5. The molecule has 120 valence electrons. The van der Waals surface area contributed by atoms with Gasteiger partial charge in [-0.3, -0.25) is 0 Å². The predicted molar refractivity (Wildman–Crippen MR) is 88.0 cm³/mol. The Balaban J connectivity index is 0. The minimum atomic E-state index is -0.118. The second kappa shape index (κ2) is 11.6. The normalized spacial score (nSPS) is 13.8. The molecular weight excluding hydrogens is 374 g/mol. The number of hydrogen-bond donors (Lipinski definition) is 0. The molecule has 0 spiro atoms. The topological polar surface area (TPSA) is 34.4 Å². The number of rotatable bonds is 9. The van der Waals surface area contributed by atoms with E-state index in [1.54, 1.807) is 0 Å². The predicted octanol–water partition coefficient (Wildman–Crippen LogP) is 2.99. The van der Waals surface area contributed by atoms with Gasteiger partial charge in [-0.15, -0.1) is 11.3 Å². The first-order valence-electron chi connectivity index (χ1n) is 6.99. The maximum atomic E-state index is 8.22. The molecule has 0 aromatic rings. The van der Waals surface area contributed by atoms with Gasteiger partial charge < -0.3 is 35.5 Å². The SMILES string of the molecule is CCCN(CC(C)(C)[S-])C(C)C[N-]CC(C)(C)[S-].[O]=[Tc+3]. The number of hydrogen-bond acceptors (Lipinski definition) is 4. The van der Waals surface area contributed by atoms with Crippen molar-refractivity contribution in [1.29, 1.82) is 0 Å². The van der Waals surface area contributed by atoms with Crippen LogP contribution in [0.25, 0.3) is 5.32 Å². The van der Waals surface area contributed by atoms with Gasteiger partial charge in [0.25, 0.3) is 0 Å². The third-order valence-electron chi connectivity index (χ3n) is 2.60. The molecule has 1 atom stereocenters. The molecule has 0 amide bonds. The van der Waals surface area contributed by atoms with Gasteiger partial charge in [0.2, 0.25) is 0 Å². The molecule has 0 aromatic heterocycles. The summed E-state index contributed by atoms with van der Waals surface area (Å²) in [5.41, 5.74) is 0. The molecule has 6 heteroatoms. The Morgan fingerprint density at radius 3 is 2.00 bits per heavy atom. The minimum absolute atomic E-state index is 0.0687. The van der Waals surface area contributed by atoms with Crippen LogP contribution in [0.2, 0.25) is 0 Å². The summed E-state index contributed by atoms with van der Waals surface area (Å²) in [6.45, 7) is 16.4. The van der Waals surface area contributed by atoms with Crippen LogP contribution in [-0.4, -0.2) is 46.6 Å². The molecule has 0 fully saturated rings. The summed E-state index contributed by atoms with van der Waals surface area (Å²) in [6.07, 6.45) is 1.16. The van der Waals surface area contributed by atoms with Crippen LogP contribution in [0.15, 0.2) is 0 Å². The van der Waals surface area contributed by atoms with E-state index >= 15 is 0 Å². The Labute approximate surface area is 147 Å². The average molecular weight is 404 g/mol. The monoisotopic (exact) mass is 402 g/mol. The van der Waals surface area contributed by atoms with Crippen molar-refractivity contribution in [3.8, 4) is 0 Å². The van der Waals surface area contributed by atoms with E-state index in [2.05, 4.69) is 37.9 Å². The van der Waals surface area contributed by atoms with E-state index in [1.165, 1.54) is 0 Å². The van der Waals surface area contributed by atoms with Crippen molar-refractivity contribution in [2.75, 3.05) is 26.2 Å². The summed E-state index contributed by atoms with van der Waals surface area (Å²) < 4.78 is 8.03. The van der Waals surface area contributed by atoms with E-state index in [-0.39, 0.29) is 9.49 Å². The van der Waals surface area contributed by atoms with Crippen LogP contribution in [-0.2, 0) is 47.6 Å². The molecule has 0 aliphatic heterocycles. The first-order chi connectivity index (χ1) is 9.05. The second-order valence-corrected chi connectivity index (χ2v) is 8.61. The maximum absolute atomic E-state index is 8.22. The Bertz CT molecular complexity index is 242. The molecule has 0 rings (SSSR count). The van der Waals surface area contributed by atoms with E-state index in [4.69, 9.17) is 28.8 Å². The van der Waals surface area contributed by atoms with Crippen LogP contribution >= 0.6 is 0 Å². The number of nitrogens with zero attached hydrogens (tertiary/aromatic N) is 2. The Morgan fingerprint density at radius 2 is 1.65 bits per heavy atom. The molecular formula is C14H29N2OS2Tc. The quantitative estimate of drug-likeness (QED) is 0.555. The molecule has 0 saturated carbocycles. The summed E-state index contributed by atoms with van der Waals surface area (Å²) >= 11 is 11.7. The standard InChI is InChI=1S/C14H31N2S2.O.Tc/c1-7-8-16(11-14(5,6)18)12(2)9-15-10-13(3,4)17;;/h12,17-18H,7-11H2,1-6H3;;/q-1;;+3/p-2. The van der Waals surface area contributed by atoms with Crippen molar-refractivity contribution in [3.05, 3.63) is 5.32 Å². The molecule has 3 nitrogen and oxygen atoms in total. The van der Waals surface area contributed by atoms with Crippen LogP contribution in [0, 0.1) is 0 Å². The van der Waals surface area contributed by atoms with Gasteiger partial charge >= 0.3 is 22.4 Å². The molecule has 0 saturated heterocycles. The summed E-state index contributed by atoms with van der Waals surface area (Å²) in [5, 5.41) is 4.60. The van der Waals surface area contributed by atoms with Gasteiger partial charge in [-0.1, -0.05) is 41.5 Å². The van der Waals surface area contributed by atoms with Gasteiger partial charge in [0.05, 0.1) is 0 Å². The molecule has 20 heavy (non-hydrogen) atoms. The molecule has 1 unspecified atom stereocenters. The van der Waals surface area contributed by atoms with Gasteiger partial charge in [-0.2, -0.15) is 11.3 Å². The van der Waals surface area contributed by atoms with Crippen molar-refractivity contribution in [2.45, 2.75) is 63.5 Å². The molecule has 0 heterocycles. The van der Waals surface area contributed by atoms with Gasteiger partial charge in [-0.05, 0) is 25.6 Å². The Hall–Kier alpha value is 1.07. The van der Waals surface area contributed by atoms with Crippen molar-refractivity contribution >= 4 is 25.3 Å². The first-order valence-corrected chi connectivity index (χ1v) is 8.56. The van der Waals surface area contributed by atoms with Crippen LogP contribution in [0.3, 0.4) is 0 Å². The van der Waals surface area contributed by atoms with E-state index in [9.17, 15) is 0 Å². The fourth-order valence-corrected chi connectivity index (χ4v) is 2.12. The average Bonchev–Trinajstić information content (AvgIpc) is 2.27. The van der Waals surface area contributed by atoms with E-state index in [0.717, 1.165) is 51.5 Å². The second-order valence-electron chi connectivity index (χ2n) is 6.40. The van der Waals surface area contributed by atoms with Crippen LogP contribution < -0.4 is 0 Å². The first kappa shape index (κ1) is 23.3. The van der Waals surface area contributed by atoms with E-state index < -0.39 is 0 Å². The van der Waals surface area contributed by atoms with Crippen molar-refractivity contribution < 1.29 is 22.4 Å². The van der Waals surface area contributed by atoms with Crippen molar-refractivity contribution in [1.82, 2.24) is 4.90 Å². The molecule has 0 aliphatic rings. The summed E-state index contributed by atoms with van der Waals surface area (Å²) in [7, 11) is 0. The molecule has 0 radical (unpaired) electrons. The van der Waals surface area contributed by atoms with Crippen LogP contribution in [0.1, 0.15) is 48.0 Å². The van der Waals surface area contributed by atoms with Gasteiger partial charge in [-0.25, -0.2) is 0 Å². The summed E-state index contributed by atoms with van der Waals surface area (Å²) in [4.78, 5) is 2.45. The van der Waals surface area contributed by atoms with E-state index in [1.807, 2.05) is 13.8 Å². The summed E-state index contributed by atoms with van der Waals surface area (Å²) in [5.74, 6) is 0. The van der Waals surface area contributed by atoms with Crippen LogP contribution in [0.5, 0.6) is 0 Å². The zero-order valence-corrected chi connectivity index (χ0v) is 17.1.